The fourth-order valence-electron chi connectivity index (χ4n) is 4.71. The lowest BCUT2D eigenvalue weighted by molar-refractivity contribution is 0.155. The van der Waals surface area contributed by atoms with Crippen molar-refractivity contribution in [1.29, 1.82) is 0 Å². The SMILES string of the molecule is C=CN(C)c1ccc(Oc2ccc(Nc3ncnc4ccc(OC5CCCCC5)cc34)cc2C)cc1N. The highest BCUT2D eigenvalue weighted by atomic mass is 16.5. The Morgan fingerprint density at radius 3 is 2.57 bits per heavy atom. The van der Waals surface area contributed by atoms with Crippen LogP contribution < -0.4 is 25.4 Å². The molecule has 7 heteroatoms. The maximum atomic E-state index is 6.28. The molecular formula is C30H33N5O2. The number of nitrogens with one attached hydrogen (secondary N) is 1. The Kier molecular flexibility index (Phi) is 7.12. The second kappa shape index (κ2) is 10.8. The van der Waals surface area contributed by atoms with E-state index in [9.17, 15) is 0 Å². The van der Waals surface area contributed by atoms with Crippen LogP contribution in [0.2, 0.25) is 0 Å². The van der Waals surface area contributed by atoms with Gasteiger partial charge in [-0.15, -0.1) is 0 Å². The van der Waals surface area contributed by atoms with Gasteiger partial charge in [0.15, 0.2) is 0 Å². The minimum Gasteiger partial charge on any atom is -0.490 e. The van der Waals surface area contributed by atoms with E-state index in [0.717, 1.165) is 58.0 Å². The molecule has 1 saturated carbocycles. The van der Waals surface area contributed by atoms with Crippen LogP contribution in [0.25, 0.3) is 10.9 Å². The van der Waals surface area contributed by atoms with E-state index < -0.39 is 0 Å². The van der Waals surface area contributed by atoms with E-state index in [-0.39, 0.29) is 6.10 Å². The fourth-order valence-corrected chi connectivity index (χ4v) is 4.71. The monoisotopic (exact) mass is 495 g/mol. The van der Waals surface area contributed by atoms with Gasteiger partial charge < -0.3 is 25.4 Å². The number of hydrogen-bond acceptors (Lipinski definition) is 7. The molecule has 0 radical (unpaired) electrons. The molecule has 0 saturated heterocycles. The molecule has 4 aromatic rings. The van der Waals surface area contributed by atoms with Crippen molar-refractivity contribution in [2.75, 3.05) is 23.0 Å². The zero-order valence-corrected chi connectivity index (χ0v) is 21.4. The van der Waals surface area contributed by atoms with Gasteiger partial charge in [0, 0.05) is 24.2 Å². The summed E-state index contributed by atoms with van der Waals surface area (Å²) in [6, 6.07) is 17.6. The van der Waals surface area contributed by atoms with E-state index in [4.69, 9.17) is 15.2 Å². The predicted molar refractivity (Wildman–Crippen MR) is 151 cm³/mol. The van der Waals surface area contributed by atoms with Crippen LogP contribution >= 0.6 is 0 Å². The summed E-state index contributed by atoms with van der Waals surface area (Å²) in [6.07, 6.45) is 9.59. The average Bonchev–Trinajstić information content (AvgIpc) is 2.91. The van der Waals surface area contributed by atoms with Crippen LogP contribution in [0.1, 0.15) is 37.7 Å². The molecule has 37 heavy (non-hydrogen) atoms. The Morgan fingerprint density at radius 2 is 1.81 bits per heavy atom. The second-order valence-electron chi connectivity index (χ2n) is 9.50. The van der Waals surface area contributed by atoms with Gasteiger partial charge in [0.1, 0.15) is 29.4 Å². The summed E-state index contributed by atoms with van der Waals surface area (Å²) in [5.41, 5.74) is 10.5. The second-order valence-corrected chi connectivity index (χ2v) is 9.50. The number of ether oxygens (including phenoxy) is 2. The minimum atomic E-state index is 0.289. The van der Waals surface area contributed by atoms with Crippen molar-refractivity contribution in [3.05, 3.63) is 79.3 Å². The number of aromatic nitrogens is 2. The first-order chi connectivity index (χ1) is 18.0. The molecule has 0 bridgehead atoms. The van der Waals surface area contributed by atoms with Crippen LogP contribution in [-0.2, 0) is 0 Å². The third kappa shape index (κ3) is 5.61. The lowest BCUT2D eigenvalue weighted by Gasteiger charge is -2.23. The van der Waals surface area contributed by atoms with Crippen molar-refractivity contribution in [3.8, 4) is 17.2 Å². The molecule has 0 amide bonds. The number of nitrogens with zero attached hydrogens (tertiary/aromatic N) is 3. The van der Waals surface area contributed by atoms with Crippen molar-refractivity contribution >= 4 is 33.8 Å². The quantitative estimate of drug-likeness (QED) is 0.247. The minimum absolute atomic E-state index is 0.289. The van der Waals surface area contributed by atoms with E-state index in [1.165, 1.54) is 19.3 Å². The first-order valence-corrected chi connectivity index (χ1v) is 12.7. The summed E-state index contributed by atoms with van der Waals surface area (Å²) in [7, 11) is 1.90. The van der Waals surface area contributed by atoms with Gasteiger partial charge in [-0.05, 0) is 92.9 Å². The highest BCUT2D eigenvalue weighted by Gasteiger charge is 2.16. The summed E-state index contributed by atoms with van der Waals surface area (Å²) in [4.78, 5) is 10.8. The number of benzene rings is 3. The molecule has 0 aliphatic heterocycles. The van der Waals surface area contributed by atoms with Gasteiger partial charge in [0.05, 0.1) is 23.0 Å². The van der Waals surface area contributed by atoms with E-state index in [1.54, 1.807) is 12.5 Å². The maximum absolute atomic E-state index is 6.28. The van der Waals surface area contributed by atoms with Crippen LogP contribution in [0, 0.1) is 6.92 Å². The maximum Gasteiger partial charge on any atom is 0.141 e. The highest BCUT2D eigenvalue weighted by Crippen LogP contribution is 2.34. The molecule has 1 fully saturated rings. The largest absolute Gasteiger partial charge is 0.490 e. The summed E-state index contributed by atoms with van der Waals surface area (Å²) in [5.74, 6) is 3.03. The van der Waals surface area contributed by atoms with Crippen molar-refractivity contribution in [1.82, 2.24) is 9.97 Å². The lowest BCUT2D eigenvalue weighted by Crippen LogP contribution is -2.19. The number of fused-ring (bicyclic) bond motifs is 1. The number of nitrogen functional groups attached to an aromatic ring is 1. The van der Waals surface area contributed by atoms with Crippen LogP contribution in [0.15, 0.2) is 73.7 Å². The standard InChI is InChI=1S/C30H33N5O2/c1-4-35(3)28-14-12-24(18-26(28)31)37-29-15-10-21(16-20(29)2)34-30-25-17-23(11-13-27(25)32-19-33-30)36-22-8-6-5-7-9-22/h4,10-19,22H,1,5-9,31H2,2-3H3,(H,32,33,34). The number of aryl methyl sites for hydroxylation is 1. The Hall–Kier alpha value is -4.26. The van der Waals surface area contributed by atoms with Gasteiger partial charge in [-0.1, -0.05) is 13.0 Å². The Bertz CT molecular complexity index is 1410. The van der Waals surface area contributed by atoms with Gasteiger partial charge in [-0.2, -0.15) is 0 Å². The van der Waals surface area contributed by atoms with Gasteiger partial charge >= 0.3 is 0 Å². The molecule has 1 aromatic heterocycles. The predicted octanol–water partition coefficient (Wildman–Crippen LogP) is 7.35. The topological polar surface area (TPSA) is 85.5 Å². The summed E-state index contributed by atoms with van der Waals surface area (Å²) < 4.78 is 12.4. The Balaban J connectivity index is 1.33. The zero-order chi connectivity index (χ0) is 25.8. The van der Waals surface area contributed by atoms with Gasteiger partial charge in [0.25, 0.3) is 0 Å². The molecule has 3 N–H and O–H groups in total. The van der Waals surface area contributed by atoms with Crippen molar-refractivity contribution < 1.29 is 9.47 Å². The molecule has 1 heterocycles. The molecule has 0 atom stereocenters. The van der Waals surface area contributed by atoms with Crippen LogP contribution in [-0.4, -0.2) is 23.1 Å². The molecule has 1 aliphatic carbocycles. The number of rotatable bonds is 8. The summed E-state index contributed by atoms with van der Waals surface area (Å²) in [6.45, 7) is 5.79. The highest BCUT2D eigenvalue weighted by molar-refractivity contribution is 5.91. The molecule has 1 aliphatic rings. The first-order valence-electron chi connectivity index (χ1n) is 12.7. The van der Waals surface area contributed by atoms with Gasteiger partial charge in [0.2, 0.25) is 0 Å². The third-order valence-electron chi connectivity index (χ3n) is 6.78. The van der Waals surface area contributed by atoms with Crippen LogP contribution in [0.5, 0.6) is 17.2 Å². The average molecular weight is 496 g/mol. The third-order valence-corrected chi connectivity index (χ3v) is 6.78. The first kappa shape index (κ1) is 24.4. The smallest absolute Gasteiger partial charge is 0.141 e. The molecule has 3 aromatic carbocycles. The van der Waals surface area contributed by atoms with Gasteiger partial charge in [-0.3, -0.25) is 0 Å². The van der Waals surface area contributed by atoms with E-state index in [0.29, 0.717) is 11.4 Å². The number of anilines is 4. The summed E-state index contributed by atoms with van der Waals surface area (Å²) in [5, 5.41) is 4.37. The Morgan fingerprint density at radius 1 is 1.00 bits per heavy atom. The molecule has 7 nitrogen and oxygen atoms in total. The molecule has 5 rings (SSSR count). The number of hydrogen-bond donors (Lipinski definition) is 2. The van der Waals surface area contributed by atoms with Gasteiger partial charge in [-0.25, -0.2) is 9.97 Å². The molecule has 0 spiro atoms. The fraction of sp³-hybridized carbons (Fsp3) is 0.267. The Labute approximate surface area is 217 Å². The molecular weight excluding hydrogens is 462 g/mol. The van der Waals surface area contributed by atoms with E-state index in [1.807, 2.05) is 73.5 Å². The van der Waals surface area contributed by atoms with Crippen LogP contribution in [0.4, 0.5) is 22.9 Å². The van der Waals surface area contributed by atoms with Crippen LogP contribution in [0.3, 0.4) is 0 Å². The summed E-state index contributed by atoms with van der Waals surface area (Å²) >= 11 is 0. The molecule has 190 valence electrons. The van der Waals surface area contributed by atoms with Crippen molar-refractivity contribution in [2.24, 2.45) is 0 Å². The molecule has 0 unspecified atom stereocenters. The van der Waals surface area contributed by atoms with Crippen molar-refractivity contribution in [2.45, 2.75) is 45.1 Å². The van der Waals surface area contributed by atoms with E-state index >= 15 is 0 Å². The lowest BCUT2D eigenvalue weighted by atomic mass is 9.98. The zero-order valence-electron chi connectivity index (χ0n) is 21.4. The van der Waals surface area contributed by atoms with Crippen molar-refractivity contribution in [3.63, 3.8) is 0 Å². The van der Waals surface area contributed by atoms with E-state index in [2.05, 4.69) is 21.9 Å². The number of nitrogens with two attached hydrogens (primary N) is 1. The normalized spacial score (nSPS) is 13.8.